The Morgan fingerprint density at radius 2 is 1.91 bits per heavy atom. The van der Waals surface area contributed by atoms with Gasteiger partial charge in [-0.15, -0.1) is 0 Å². The number of rotatable bonds is 4. The van der Waals surface area contributed by atoms with E-state index in [1.54, 1.807) is 18.5 Å². The average molecular weight is 425 g/mol. The summed E-state index contributed by atoms with van der Waals surface area (Å²) in [6, 6.07) is 13.8. The minimum atomic E-state index is -0.143. The molecule has 0 bridgehead atoms. The summed E-state index contributed by atoms with van der Waals surface area (Å²) in [6.45, 7) is 6.33. The van der Waals surface area contributed by atoms with Crippen LogP contribution in [0.25, 0.3) is 22.3 Å². The number of aryl methyl sites for hydroxylation is 2. The smallest absolute Gasteiger partial charge is 0.252 e. The molecule has 0 radical (unpaired) electrons. The molecule has 0 fully saturated rings. The van der Waals surface area contributed by atoms with E-state index >= 15 is 0 Å². The van der Waals surface area contributed by atoms with E-state index < -0.39 is 0 Å². The Morgan fingerprint density at radius 1 is 1.09 bits per heavy atom. The van der Waals surface area contributed by atoms with Crippen molar-refractivity contribution in [3.05, 3.63) is 82.8 Å². The molecule has 0 spiro atoms. The van der Waals surface area contributed by atoms with Crippen LogP contribution in [-0.2, 0) is 6.42 Å². The van der Waals surface area contributed by atoms with Crippen molar-refractivity contribution in [2.24, 2.45) is 0 Å². The van der Waals surface area contributed by atoms with Crippen LogP contribution in [0.3, 0.4) is 0 Å². The van der Waals surface area contributed by atoms with Crippen molar-refractivity contribution in [2.45, 2.75) is 33.3 Å². The summed E-state index contributed by atoms with van der Waals surface area (Å²) in [4.78, 5) is 26.6. The van der Waals surface area contributed by atoms with E-state index in [0.717, 1.165) is 51.0 Å². The van der Waals surface area contributed by atoms with Gasteiger partial charge in [0.05, 0.1) is 23.2 Å². The summed E-state index contributed by atoms with van der Waals surface area (Å²) >= 11 is 0. The van der Waals surface area contributed by atoms with E-state index in [0.29, 0.717) is 17.9 Å². The Morgan fingerprint density at radius 3 is 2.72 bits per heavy atom. The molecule has 4 aromatic rings. The molecule has 160 valence electrons. The molecule has 1 aliphatic heterocycles. The second-order valence-electron chi connectivity index (χ2n) is 8.24. The number of benzene rings is 2. The highest BCUT2D eigenvalue weighted by Crippen LogP contribution is 2.37. The van der Waals surface area contributed by atoms with E-state index in [1.165, 1.54) is 0 Å². The monoisotopic (exact) mass is 424 g/mol. The third-order valence-electron chi connectivity index (χ3n) is 5.98. The summed E-state index contributed by atoms with van der Waals surface area (Å²) < 4.78 is 6.23. The number of fused-ring (bicyclic) bond motifs is 2. The minimum absolute atomic E-state index is 0.102. The second-order valence-corrected chi connectivity index (χ2v) is 8.24. The van der Waals surface area contributed by atoms with E-state index in [9.17, 15) is 4.79 Å². The zero-order valence-electron chi connectivity index (χ0n) is 18.3. The van der Waals surface area contributed by atoms with Gasteiger partial charge >= 0.3 is 0 Å². The highest BCUT2D eigenvalue weighted by molar-refractivity contribution is 6.07. The van der Waals surface area contributed by atoms with Gasteiger partial charge in [0.25, 0.3) is 5.91 Å². The van der Waals surface area contributed by atoms with Crippen LogP contribution in [0.2, 0.25) is 0 Å². The largest absolute Gasteiger partial charge is 0.487 e. The Hall–Kier alpha value is -3.80. The lowest BCUT2D eigenvalue weighted by Gasteiger charge is -2.16. The lowest BCUT2D eigenvalue weighted by molar-refractivity contribution is 0.0934. The Balaban J connectivity index is 1.37. The number of hydrogen-bond donors (Lipinski definition) is 1. The number of amides is 1. The van der Waals surface area contributed by atoms with Crippen LogP contribution in [-0.4, -0.2) is 33.5 Å². The maximum Gasteiger partial charge on any atom is 0.252 e. The molecule has 6 heteroatoms. The molecule has 1 N–H and O–H groups in total. The standard InChI is InChI=1S/C26H24N4O2/c1-15-8-9-22-21(12-15)23(16(2)17(3)30-22)26(31)29-14-19-13-18-6-4-7-20(24(18)32-19)25-27-10-5-11-28-25/h4-12,19H,13-14H2,1-3H3,(H,29,31). The van der Waals surface area contributed by atoms with Gasteiger partial charge in [-0.1, -0.05) is 23.8 Å². The van der Waals surface area contributed by atoms with Crippen molar-refractivity contribution < 1.29 is 9.53 Å². The van der Waals surface area contributed by atoms with Crippen LogP contribution >= 0.6 is 0 Å². The first-order valence-electron chi connectivity index (χ1n) is 10.7. The van der Waals surface area contributed by atoms with Crippen LogP contribution in [0, 0.1) is 20.8 Å². The van der Waals surface area contributed by atoms with Crippen molar-refractivity contribution in [3.8, 4) is 17.1 Å². The predicted molar refractivity (Wildman–Crippen MR) is 124 cm³/mol. The summed E-state index contributed by atoms with van der Waals surface area (Å²) in [6.07, 6.45) is 4.03. The third kappa shape index (κ3) is 3.58. The van der Waals surface area contributed by atoms with Crippen LogP contribution in [0.1, 0.15) is 32.7 Å². The number of pyridine rings is 1. The topological polar surface area (TPSA) is 77.0 Å². The van der Waals surface area contributed by atoms with Gasteiger partial charge in [-0.05, 0) is 56.2 Å². The molecule has 2 aromatic carbocycles. The molecular weight excluding hydrogens is 400 g/mol. The molecule has 32 heavy (non-hydrogen) atoms. The number of carbonyl (C=O) groups excluding carboxylic acids is 1. The molecular formula is C26H24N4O2. The summed E-state index contributed by atoms with van der Waals surface area (Å²) in [5.41, 5.74) is 6.36. The van der Waals surface area contributed by atoms with Gasteiger partial charge in [0.1, 0.15) is 11.9 Å². The fraction of sp³-hybridized carbons (Fsp3) is 0.231. The zero-order valence-corrected chi connectivity index (χ0v) is 18.3. The maximum atomic E-state index is 13.2. The minimum Gasteiger partial charge on any atom is -0.487 e. The molecule has 1 aliphatic rings. The molecule has 0 saturated carbocycles. The first-order valence-corrected chi connectivity index (χ1v) is 10.7. The van der Waals surface area contributed by atoms with Gasteiger partial charge in [0, 0.05) is 29.9 Å². The number of nitrogens with zero attached hydrogens (tertiary/aromatic N) is 3. The van der Waals surface area contributed by atoms with Gasteiger partial charge in [0.15, 0.2) is 5.82 Å². The Bertz CT molecular complexity index is 1330. The number of aromatic nitrogens is 3. The number of hydrogen-bond acceptors (Lipinski definition) is 5. The van der Waals surface area contributed by atoms with Crippen molar-refractivity contribution in [1.82, 2.24) is 20.3 Å². The lowest BCUT2D eigenvalue weighted by Crippen LogP contribution is -2.35. The van der Waals surface area contributed by atoms with Gasteiger partial charge in [-0.2, -0.15) is 0 Å². The van der Waals surface area contributed by atoms with E-state index in [2.05, 4.69) is 26.3 Å². The Kier molecular flexibility index (Phi) is 5.05. The zero-order chi connectivity index (χ0) is 22.2. The average Bonchev–Trinajstić information content (AvgIpc) is 3.22. The second kappa shape index (κ2) is 8.04. The van der Waals surface area contributed by atoms with Crippen molar-refractivity contribution >= 4 is 16.8 Å². The molecule has 2 aromatic heterocycles. The first-order chi connectivity index (χ1) is 15.5. The molecule has 1 atom stereocenters. The van der Waals surface area contributed by atoms with Crippen LogP contribution < -0.4 is 10.1 Å². The lowest BCUT2D eigenvalue weighted by atomic mass is 9.99. The summed E-state index contributed by atoms with van der Waals surface area (Å²) in [5, 5.41) is 3.97. The first kappa shape index (κ1) is 20.1. The number of carbonyl (C=O) groups is 1. The van der Waals surface area contributed by atoms with E-state index in [-0.39, 0.29) is 12.0 Å². The fourth-order valence-electron chi connectivity index (χ4n) is 4.25. The molecule has 0 saturated heterocycles. The SMILES string of the molecule is Cc1ccc2nc(C)c(C)c(C(=O)NCC3Cc4cccc(-c5ncccn5)c4O3)c2c1. The summed E-state index contributed by atoms with van der Waals surface area (Å²) in [7, 11) is 0. The number of ether oxygens (including phenoxy) is 1. The van der Waals surface area contributed by atoms with E-state index in [4.69, 9.17) is 4.74 Å². The third-order valence-corrected chi connectivity index (χ3v) is 5.98. The van der Waals surface area contributed by atoms with Crippen molar-refractivity contribution in [2.75, 3.05) is 6.54 Å². The normalized spacial score (nSPS) is 14.8. The molecule has 1 unspecified atom stereocenters. The predicted octanol–water partition coefficient (Wildman–Crippen LogP) is 4.35. The van der Waals surface area contributed by atoms with Crippen LogP contribution in [0.5, 0.6) is 5.75 Å². The molecule has 6 nitrogen and oxygen atoms in total. The highest BCUT2D eigenvalue weighted by atomic mass is 16.5. The number of para-hydroxylation sites is 1. The summed E-state index contributed by atoms with van der Waals surface area (Å²) in [5.74, 6) is 1.34. The Labute approximate surface area is 186 Å². The molecule has 0 aliphatic carbocycles. The number of nitrogens with one attached hydrogen (secondary N) is 1. The molecule has 5 rings (SSSR count). The highest BCUT2D eigenvalue weighted by Gasteiger charge is 2.27. The van der Waals surface area contributed by atoms with Crippen molar-refractivity contribution in [3.63, 3.8) is 0 Å². The quantitative estimate of drug-likeness (QED) is 0.527. The fourth-order valence-corrected chi connectivity index (χ4v) is 4.25. The molecule has 1 amide bonds. The van der Waals surface area contributed by atoms with E-state index in [1.807, 2.05) is 51.1 Å². The van der Waals surface area contributed by atoms with Gasteiger partial charge < -0.3 is 10.1 Å². The van der Waals surface area contributed by atoms with Gasteiger partial charge in [-0.25, -0.2) is 9.97 Å². The van der Waals surface area contributed by atoms with Gasteiger partial charge in [-0.3, -0.25) is 9.78 Å². The maximum absolute atomic E-state index is 13.2. The van der Waals surface area contributed by atoms with Gasteiger partial charge in [0.2, 0.25) is 0 Å². The molecule has 3 heterocycles. The van der Waals surface area contributed by atoms with Crippen LogP contribution in [0.4, 0.5) is 0 Å². The van der Waals surface area contributed by atoms with Crippen LogP contribution in [0.15, 0.2) is 54.9 Å². The van der Waals surface area contributed by atoms with Crippen molar-refractivity contribution in [1.29, 1.82) is 0 Å².